The predicted molar refractivity (Wildman–Crippen MR) is 85.5 cm³/mol. The first-order chi connectivity index (χ1) is 10.1. The Morgan fingerprint density at radius 2 is 1.86 bits per heavy atom. The Balaban J connectivity index is 2.06. The molecule has 2 rings (SSSR count). The minimum atomic E-state index is 0.0791. The first kappa shape index (κ1) is 14.9. The molecule has 1 unspecified atom stereocenters. The number of hydrogen-bond donors (Lipinski definition) is 1. The van der Waals surface area contributed by atoms with Crippen LogP contribution in [0.4, 0.5) is 5.69 Å². The van der Waals surface area contributed by atoms with Crippen molar-refractivity contribution in [1.82, 2.24) is 0 Å². The average molecular weight is 280 g/mol. The summed E-state index contributed by atoms with van der Waals surface area (Å²) in [5.41, 5.74) is 4.85. The minimum Gasteiger partial charge on any atom is -0.479 e. The van der Waals surface area contributed by atoms with Crippen LogP contribution in [0.1, 0.15) is 29.7 Å². The molecule has 0 amide bonds. The molecule has 0 saturated carbocycles. The number of ether oxygens (including phenoxy) is 1. The van der Waals surface area contributed by atoms with E-state index < -0.39 is 0 Å². The molecule has 108 valence electrons. The molecule has 0 heterocycles. The maximum atomic E-state index is 8.49. The van der Waals surface area contributed by atoms with Crippen LogP contribution in [0.5, 0.6) is 5.75 Å². The Morgan fingerprint density at radius 3 is 2.48 bits per heavy atom. The van der Waals surface area contributed by atoms with Crippen LogP contribution in [0.25, 0.3) is 0 Å². The van der Waals surface area contributed by atoms with Gasteiger partial charge in [0.25, 0.3) is 0 Å². The van der Waals surface area contributed by atoms with Crippen molar-refractivity contribution in [2.24, 2.45) is 0 Å². The topological polar surface area (TPSA) is 45.0 Å². The Bertz CT molecular complexity index is 641. The molecule has 1 atom stereocenters. The number of anilines is 1. The van der Waals surface area contributed by atoms with Crippen molar-refractivity contribution in [1.29, 1.82) is 5.26 Å². The van der Waals surface area contributed by atoms with Crippen LogP contribution in [-0.2, 0) is 0 Å². The van der Waals surface area contributed by atoms with Gasteiger partial charge in [-0.05, 0) is 50.1 Å². The average Bonchev–Trinajstić information content (AvgIpc) is 2.48. The number of nitrogens with zero attached hydrogens (tertiary/aromatic N) is 1. The van der Waals surface area contributed by atoms with Gasteiger partial charge in [0.15, 0.2) is 6.61 Å². The maximum absolute atomic E-state index is 8.49. The van der Waals surface area contributed by atoms with Crippen LogP contribution in [0, 0.1) is 25.2 Å². The van der Waals surface area contributed by atoms with E-state index in [0.29, 0.717) is 0 Å². The summed E-state index contributed by atoms with van der Waals surface area (Å²) in [5.74, 6) is 0.721. The molecule has 0 aromatic heterocycles. The fraction of sp³-hybridized carbons (Fsp3) is 0.278. The second kappa shape index (κ2) is 6.81. The Morgan fingerprint density at radius 1 is 1.14 bits per heavy atom. The standard InChI is InChI=1S/C18H20N2O/c1-13-4-9-18(14(2)12-13)20-15(3)16-5-7-17(8-6-16)21-11-10-19/h4-9,12,15,20H,11H2,1-3H3. The largest absolute Gasteiger partial charge is 0.479 e. The molecule has 0 aliphatic rings. The van der Waals surface area contributed by atoms with E-state index in [4.69, 9.17) is 10.00 Å². The molecule has 0 fully saturated rings. The highest BCUT2D eigenvalue weighted by molar-refractivity contribution is 5.53. The quantitative estimate of drug-likeness (QED) is 0.884. The van der Waals surface area contributed by atoms with Crippen LogP contribution in [0.3, 0.4) is 0 Å². The monoisotopic (exact) mass is 280 g/mol. The summed E-state index contributed by atoms with van der Waals surface area (Å²) in [4.78, 5) is 0. The molecule has 2 aromatic carbocycles. The third-order valence-corrected chi connectivity index (χ3v) is 3.44. The zero-order valence-corrected chi connectivity index (χ0v) is 12.7. The molecule has 3 heteroatoms. The lowest BCUT2D eigenvalue weighted by Crippen LogP contribution is -2.07. The molecule has 2 aromatic rings. The fourth-order valence-electron chi connectivity index (χ4n) is 2.26. The van der Waals surface area contributed by atoms with Gasteiger partial charge in [-0.3, -0.25) is 0 Å². The summed E-state index contributed by atoms with van der Waals surface area (Å²) in [7, 11) is 0. The molecule has 21 heavy (non-hydrogen) atoms. The summed E-state index contributed by atoms with van der Waals surface area (Å²) in [5, 5.41) is 12.0. The summed E-state index contributed by atoms with van der Waals surface area (Å²) in [6.45, 7) is 6.42. The third-order valence-electron chi connectivity index (χ3n) is 3.44. The molecular weight excluding hydrogens is 260 g/mol. The van der Waals surface area contributed by atoms with Gasteiger partial charge in [-0.2, -0.15) is 5.26 Å². The normalized spacial score (nSPS) is 11.5. The van der Waals surface area contributed by atoms with Gasteiger partial charge in [-0.15, -0.1) is 0 Å². The SMILES string of the molecule is Cc1ccc(NC(C)c2ccc(OCC#N)cc2)c(C)c1. The predicted octanol–water partition coefficient (Wildman–Crippen LogP) is 4.38. The maximum Gasteiger partial charge on any atom is 0.174 e. The molecular formula is C18H20N2O. The van der Waals surface area contributed by atoms with Gasteiger partial charge in [0.2, 0.25) is 0 Å². The van der Waals surface area contributed by atoms with Gasteiger partial charge in [0.05, 0.1) is 0 Å². The second-order valence-electron chi connectivity index (χ2n) is 5.20. The first-order valence-corrected chi connectivity index (χ1v) is 7.03. The van der Waals surface area contributed by atoms with Crippen LogP contribution < -0.4 is 10.1 Å². The smallest absolute Gasteiger partial charge is 0.174 e. The summed E-state index contributed by atoms with van der Waals surface area (Å²) >= 11 is 0. The third kappa shape index (κ3) is 4.00. The zero-order valence-electron chi connectivity index (χ0n) is 12.7. The number of aryl methyl sites for hydroxylation is 2. The van der Waals surface area contributed by atoms with E-state index >= 15 is 0 Å². The van der Waals surface area contributed by atoms with Crippen LogP contribution in [0.15, 0.2) is 42.5 Å². The number of rotatable bonds is 5. The van der Waals surface area contributed by atoms with Gasteiger partial charge in [-0.1, -0.05) is 29.8 Å². The van der Waals surface area contributed by atoms with E-state index in [1.54, 1.807) is 0 Å². The summed E-state index contributed by atoms with van der Waals surface area (Å²) in [6, 6.07) is 16.4. The second-order valence-corrected chi connectivity index (χ2v) is 5.20. The van der Waals surface area contributed by atoms with Crippen LogP contribution in [-0.4, -0.2) is 6.61 Å². The van der Waals surface area contributed by atoms with Crippen molar-refractivity contribution in [3.8, 4) is 11.8 Å². The highest BCUT2D eigenvalue weighted by Crippen LogP contribution is 2.24. The van der Waals surface area contributed by atoms with Gasteiger partial charge in [-0.25, -0.2) is 0 Å². The van der Waals surface area contributed by atoms with Crippen molar-refractivity contribution in [2.75, 3.05) is 11.9 Å². The highest BCUT2D eigenvalue weighted by Gasteiger charge is 2.07. The van der Waals surface area contributed by atoms with Gasteiger partial charge < -0.3 is 10.1 Å². The number of hydrogen-bond acceptors (Lipinski definition) is 3. The minimum absolute atomic E-state index is 0.0791. The van der Waals surface area contributed by atoms with E-state index in [1.165, 1.54) is 16.7 Å². The molecule has 0 aliphatic heterocycles. The van der Waals surface area contributed by atoms with Crippen molar-refractivity contribution in [2.45, 2.75) is 26.8 Å². The molecule has 0 radical (unpaired) electrons. The fourth-order valence-corrected chi connectivity index (χ4v) is 2.26. The molecule has 0 bridgehead atoms. The number of benzene rings is 2. The summed E-state index contributed by atoms with van der Waals surface area (Å²) < 4.78 is 5.26. The molecule has 1 N–H and O–H groups in total. The van der Waals surface area contributed by atoms with Gasteiger partial charge in [0.1, 0.15) is 11.8 Å². The number of nitriles is 1. The van der Waals surface area contributed by atoms with Crippen molar-refractivity contribution >= 4 is 5.69 Å². The Labute approximate surface area is 126 Å². The highest BCUT2D eigenvalue weighted by atomic mass is 16.5. The van der Waals surface area contributed by atoms with Crippen LogP contribution >= 0.6 is 0 Å². The lowest BCUT2D eigenvalue weighted by molar-refractivity contribution is 0.368. The Kier molecular flexibility index (Phi) is 4.84. The van der Waals surface area contributed by atoms with E-state index in [2.05, 4.69) is 44.3 Å². The Hall–Kier alpha value is -2.47. The lowest BCUT2D eigenvalue weighted by Gasteiger charge is -2.18. The van der Waals surface area contributed by atoms with E-state index in [9.17, 15) is 0 Å². The first-order valence-electron chi connectivity index (χ1n) is 7.03. The van der Waals surface area contributed by atoms with Gasteiger partial charge in [0, 0.05) is 11.7 Å². The van der Waals surface area contributed by atoms with Gasteiger partial charge >= 0.3 is 0 Å². The van der Waals surface area contributed by atoms with Crippen molar-refractivity contribution in [3.63, 3.8) is 0 Å². The molecule has 3 nitrogen and oxygen atoms in total. The van der Waals surface area contributed by atoms with E-state index in [1.807, 2.05) is 30.3 Å². The van der Waals surface area contributed by atoms with E-state index in [0.717, 1.165) is 11.4 Å². The lowest BCUT2D eigenvalue weighted by atomic mass is 10.1. The van der Waals surface area contributed by atoms with Crippen LogP contribution in [0.2, 0.25) is 0 Å². The van der Waals surface area contributed by atoms with Crippen molar-refractivity contribution < 1.29 is 4.74 Å². The molecule has 0 aliphatic carbocycles. The molecule has 0 saturated heterocycles. The molecule has 0 spiro atoms. The zero-order chi connectivity index (χ0) is 15.2. The summed E-state index contributed by atoms with van der Waals surface area (Å²) in [6.07, 6.45) is 0. The number of nitrogens with one attached hydrogen (secondary N) is 1. The van der Waals surface area contributed by atoms with E-state index in [-0.39, 0.29) is 12.6 Å². The van der Waals surface area contributed by atoms with Crippen molar-refractivity contribution in [3.05, 3.63) is 59.2 Å².